The Morgan fingerprint density at radius 2 is 2.24 bits per heavy atom. The smallest absolute Gasteiger partial charge is 0.143 e. The van der Waals surface area contributed by atoms with Crippen LogP contribution in [-0.2, 0) is 13.1 Å². The molecule has 7 heteroatoms. The molecule has 21 heavy (non-hydrogen) atoms. The third kappa shape index (κ3) is 4.09. The first kappa shape index (κ1) is 15.6. The first-order chi connectivity index (χ1) is 10.1. The molecule has 0 fully saturated rings. The number of benzene rings is 1. The fourth-order valence-electron chi connectivity index (χ4n) is 1.92. The minimum absolute atomic E-state index is 0.148. The summed E-state index contributed by atoms with van der Waals surface area (Å²) < 4.78 is 7.03. The van der Waals surface area contributed by atoms with Crippen molar-refractivity contribution in [3.63, 3.8) is 0 Å². The van der Waals surface area contributed by atoms with E-state index in [0.717, 1.165) is 16.9 Å². The van der Waals surface area contributed by atoms with Gasteiger partial charge in [-0.25, -0.2) is 0 Å². The second-order valence-electron chi connectivity index (χ2n) is 4.71. The summed E-state index contributed by atoms with van der Waals surface area (Å²) in [4.78, 5) is 0. The van der Waals surface area contributed by atoms with Crippen molar-refractivity contribution in [1.29, 1.82) is 0 Å². The lowest BCUT2D eigenvalue weighted by Gasteiger charge is -2.12. The van der Waals surface area contributed by atoms with Crippen LogP contribution in [0.25, 0.3) is 0 Å². The minimum atomic E-state index is 0.148. The standard InChI is InChI=1S/C14H19ClN4O2/c1-10-6-13(14(21-2)7-12(10)15)16-8-11-9-19(18-17-11)4-3-5-20/h6-7,9,16,20H,3-5,8H2,1-2H3. The van der Waals surface area contributed by atoms with Crippen LogP contribution in [0.5, 0.6) is 5.75 Å². The van der Waals surface area contributed by atoms with E-state index in [2.05, 4.69) is 15.6 Å². The van der Waals surface area contributed by atoms with Crippen molar-refractivity contribution < 1.29 is 9.84 Å². The Labute approximate surface area is 128 Å². The fourth-order valence-corrected chi connectivity index (χ4v) is 2.07. The summed E-state index contributed by atoms with van der Waals surface area (Å²) in [5, 5.41) is 20.8. The van der Waals surface area contributed by atoms with Gasteiger partial charge in [-0.1, -0.05) is 16.8 Å². The average Bonchev–Trinajstić information content (AvgIpc) is 2.93. The van der Waals surface area contributed by atoms with Gasteiger partial charge < -0.3 is 15.2 Å². The Bertz CT molecular complexity index is 601. The number of aliphatic hydroxyl groups excluding tert-OH is 1. The number of methoxy groups -OCH3 is 1. The summed E-state index contributed by atoms with van der Waals surface area (Å²) in [5.74, 6) is 0.693. The minimum Gasteiger partial charge on any atom is -0.495 e. The third-order valence-corrected chi connectivity index (χ3v) is 3.48. The summed E-state index contributed by atoms with van der Waals surface area (Å²) in [6.45, 7) is 3.29. The Morgan fingerprint density at radius 1 is 1.43 bits per heavy atom. The Morgan fingerprint density at radius 3 is 2.95 bits per heavy atom. The summed E-state index contributed by atoms with van der Waals surface area (Å²) in [7, 11) is 1.61. The molecule has 2 N–H and O–H groups in total. The van der Waals surface area contributed by atoms with Gasteiger partial charge in [0.25, 0.3) is 0 Å². The molecular formula is C14H19ClN4O2. The van der Waals surface area contributed by atoms with Gasteiger partial charge in [0.15, 0.2) is 0 Å². The maximum absolute atomic E-state index is 8.79. The molecule has 2 aromatic rings. The van der Waals surface area contributed by atoms with Gasteiger partial charge >= 0.3 is 0 Å². The van der Waals surface area contributed by atoms with E-state index >= 15 is 0 Å². The number of aryl methyl sites for hydroxylation is 2. The Balaban J connectivity index is 2.02. The normalized spacial score (nSPS) is 10.7. The van der Waals surface area contributed by atoms with E-state index in [1.54, 1.807) is 17.9 Å². The van der Waals surface area contributed by atoms with Crippen molar-refractivity contribution >= 4 is 17.3 Å². The maximum atomic E-state index is 8.79. The number of hydrogen-bond acceptors (Lipinski definition) is 5. The van der Waals surface area contributed by atoms with E-state index in [-0.39, 0.29) is 6.61 Å². The summed E-state index contributed by atoms with van der Waals surface area (Å²) in [6.07, 6.45) is 2.53. The van der Waals surface area contributed by atoms with Crippen LogP contribution in [0.15, 0.2) is 18.3 Å². The van der Waals surface area contributed by atoms with Crippen molar-refractivity contribution in [2.45, 2.75) is 26.4 Å². The van der Waals surface area contributed by atoms with Gasteiger partial charge in [-0.2, -0.15) is 0 Å². The van der Waals surface area contributed by atoms with Crippen LogP contribution in [0.3, 0.4) is 0 Å². The van der Waals surface area contributed by atoms with E-state index in [0.29, 0.717) is 30.3 Å². The molecule has 0 aliphatic carbocycles. The number of nitrogens with one attached hydrogen (secondary N) is 1. The zero-order valence-corrected chi connectivity index (χ0v) is 12.9. The van der Waals surface area contributed by atoms with Gasteiger partial charge in [-0.15, -0.1) is 5.10 Å². The van der Waals surface area contributed by atoms with Gasteiger partial charge in [0, 0.05) is 24.2 Å². The highest BCUT2D eigenvalue weighted by molar-refractivity contribution is 6.31. The van der Waals surface area contributed by atoms with Gasteiger partial charge in [0.2, 0.25) is 0 Å². The lowest BCUT2D eigenvalue weighted by molar-refractivity contribution is 0.276. The lowest BCUT2D eigenvalue weighted by atomic mass is 10.2. The third-order valence-electron chi connectivity index (χ3n) is 3.07. The zero-order chi connectivity index (χ0) is 15.2. The molecule has 0 saturated carbocycles. The Hall–Kier alpha value is -1.79. The molecule has 1 heterocycles. The van der Waals surface area contributed by atoms with E-state index in [1.807, 2.05) is 19.2 Å². The average molecular weight is 311 g/mol. The van der Waals surface area contributed by atoms with Crippen molar-refractivity contribution in [2.24, 2.45) is 0 Å². The first-order valence-electron chi connectivity index (χ1n) is 6.72. The lowest BCUT2D eigenvalue weighted by Crippen LogP contribution is -2.02. The van der Waals surface area contributed by atoms with Crippen molar-refractivity contribution in [2.75, 3.05) is 19.0 Å². The zero-order valence-electron chi connectivity index (χ0n) is 12.1. The molecule has 0 amide bonds. The number of aliphatic hydroxyl groups is 1. The summed E-state index contributed by atoms with van der Waals surface area (Å²) in [6, 6.07) is 3.73. The topological polar surface area (TPSA) is 72.2 Å². The highest BCUT2D eigenvalue weighted by Crippen LogP contribution is 2.31. The van der Waals surface area contributed by atoms with Crippen LogP contribution in [0.2, 0.25) is 5.02 Å². The Kier molecular flexibility index (Phi) is 5.41. The number of rotatable bonds is 7. The number of aromatic nitrogens is 3. The highest BCUT2D eigenvalue weighted by atomic mass is 35.5. The van der Waals surface area contributed by atoms with Crippen LogP contribution in [0, 0.1) is 6.92 Å². The summed E-state index contributed by atoms with van der Waals surface area (Å²) in [5.41, 5.74) is 2.67. The number of ether oxygens (including phenoxy) is 1. The van der Waals surface area contributed by atoms with Gasteiger partial charge in [0.05, 0.1) is 25.5 Å². The van der Waals surface area contributed by atoms with Gasteiger partial charge in [-0.3, -0.25) is 4.68 Å². The van der Waals surface area contributed by atoms with Crippen LogP contribution in [0.1, 0.15) is 17.7 Å². The SMILES string of the molecule is COc1cc(Cl)c(C)cc1NCc1cn(CCCO)nn1. The number of halogens is 1. The monoisotopic (exact) mass is 310 g/mol. The number of hydrogen-bond donors (Lipinski definition) is 2. The predicted octanol–water partition coefficient (Wildman–Crippen LogP) is 2.24. The molecule has 0 aliphatic rings. The molecule has 1 aromatic heterocycles. The molecule has 0 bridgehead atoms. The first-order valence-corrected chi connectivity index (χ1v) is 7.09. The van der Waals surface area contributed by atoms with E-state index in [4.69, 9.17) is 21.4 Å². The molecule has 0 radical (unpaired) electrons. The van der Waals surface area contributed by atoms with E-state index in [1.165, 1.54) is 0 Å². The molecule has 2 rings (SSSR count). The van der Waals surface area contributed by atoms with Crippen molar-refractivity contribution in [1.82, 2.24) is 15.0 Å². The summed E-state index contributed by atoms with van der Waals surface area (Å²) >= 11 is 6.08. The van der Waals surface area contributed by atoms with Crippen LogP contribution in [-0.4, -0.2) is 33.8 Å². The van der Waals surface area contributed by atoms with Crippen LogP contribution < -0.4 is 10.1 Å². The largest absolute Gasteiger partial charge is 0.495 e. The van der Waals surface area contributed by atoms with Crippen LogP contribution in [0.4, 0.5) is 5.69 Å². The van der Waals surface area contributed by atoms with Crippen molar-refractivity contribution in [3.05, 3.63) is 34.6 Å². The molecular weight excluding hydrogens is 292 g/mol. The molecule has 0 aliphatic heterocycles. The maximum Gasteiger partial charge on any atom is 0.143 e. The second kappa shape index (κ2) is 7.28. The highest BCUT2D eigenvalue weighted by Gasteiger charge is 2.08. The predicted molar refractivity (Wildman–Crippen MR) is 81.8 cm³/mol. The van der Waals surface area contributed by atoms with Gasteiger partial charge in [0.1, 0.15) is 11.4 Å². The van der Waals surface area contributed by atoms with Crippen molar-refractivity contribution in [3.8, 4) is 5.75 Å². The quantitative estimate of drug-likeness (QED) is 0.820. The van der Waals surface area contributed by atoms with Gasteiger partial charge in [-0.05, 0) is 25.0 Å². The second-order valence-corrected chi connectivity index (χ2v) is 5.11. The van der Waals surface area contributed by atoms with E-state index < -0.39 is 0 Å². The molecule has 0 saturated heterocycles. The van der Waals surface area contributed by atoms with Crippen LogP contribution >= 0.6 is 11.6 Å². The molecule has 114 valence electrons. The number of anilines is 1. The molecule has 0 unspecified atom stereocenters. The fraction of sp³-hybridized carbons (Fsp3) is 0.429. The van der Waals surface area contributed by atoms with E-state index in [9.17, 15) is 0 Å². The molecule has 0 spiro atoms. The molecule has 0 atom stereocenters. The number of nitrogens with zero attached hydrogens (tertiary/aromatic N) is 3. The molecule has 6 nitrogen and oxygen atoms in total. The molecule has 1 aromatic carbocycles.